The van der Waals surface area contributed by atoms with Gasteiger partial charge in [-0.2, -0.15) is 0 Å². The van der Waals surface area contributed by atoms with Gasteiger partial charge in [0.25, 0.3) is 0 Å². The van der Waals surface area contributed by atoms with Crippen LogP contribution >= 0.6 is 8.58 Å². The lowest BCUT2D eigenvalue weighted by Crippen LogP contribution is -2.28. The molecular weight excluding hydrogens is 227 g/mol. The molecular formula is C14H19N2P. The lowest BCUT2D eigenvalue weighted by Gasteiger charge is -2.24. The van der Waals surface area contributed by atoms with E-state index in [0.717, 1.165) is 8.58 Å². The average molecular weight is 246 g/mol. The standard InChI is InChI=1S/C14H19N2P/c1-14(2,3)10-5-6-12-11(9-10)16-8-7-15(4)13(16)17-12/h5-9,13,17H,1-4H3. The van der Waals surface area contributed by atoms with E-state index in [9.17, 15) is 0 Å². The summed E-state index contributed by atoms with van der Waals surface area (Å²) in [7, 11) is 3.02. The molecule has 2 aliphatic heterocycles. The molecule has 0 bridgehead atoms. The molecule has 0 spiro atoms. The Hall–Kier alpha value is -1.01. The van der Waals surface area contributed by atoms with Gasteiger partial charge in [0.05, 0.1) is 5.69 Å². The Morgan fingerprint density at radius 1 is 1.18 bits per heavy atom. The Morgan fingerprint density at radius 3 is 2.65 bits per heavy atom. The number of hydrogen-bond acceptors (Lipinski definition) is 2. The van der Waals surface area contributed by atoms with Crippen molar-refractivity contribution in [2.75, 3.05) is 11.9 Å². The zero-order valence-corrected chi connectivity index (χ0v) is 11.9. The number of anilines is 1. The zero-order chi connectivity index (χ0) is 12.2. The summed E-state index contributed by atoms with van der Waals surface area (Å²) in [6.07, 6.45) is 4.38. The van der Waals surface area contributed by atoms with Crippen LogP contribution in [-0.2, 0) is 5.41 Å². The maximum absolute atomic E-state index is 2.41. The van der Waals surface area contributed by atoms with Crippen LogP contribution in [0.3, 0.4) is 0 Å². The number of fused-ring (bicyclic) bond motifs is 3. The van der Waals surface area contributed by atoms with Gasteiger partial charge in [0.15, 0.2) is 0 Å². The van der Waals surface area contributed by atoms with Crippen LogP contribution in [-0.4, -0.2) is 17.9 Å². The van der Waals surface area contributed by atoms with Crippen molar-refractivity contribution >= 4 is 19.6 Å². The van der Waals surface area contributed by atoms with Gasteiger partial charge in [0.2, 0.25) is 0 Å². The van der Waals surface area contributed by atoms with Gasteiger partial charge in [-0.1, -0.05) is 32.9 Å². The third kappa shape index (κ3) is 1.66. The molecule has 1 aromatic carbocycles. The molecule has 1 aromatic rings. The third-order valence-corrected chi connectivity index (χ3v) is 5.22. The number of hydrogen-bond donors (Lipinski definition) is 0. The molecule has 0 saturated heterocycles. The first-order valence-corrected chi connectivity index (χ1v) is 7.14. The minimum absolute atomic E-state index is 0.228. The first-order chi connectivity index (χ1) is 7.97. The van der Waals surface area contributed by atoms with Gasteiger partial charge >= 0.3 is 0 Å². The summed E-state index contributed by atoms with van der Waals surface area (Å²) in [5.41, 5.74) is 3.05. The van der Waals surface area contributed by atoms with E-state index < -0.39 is 0 Å². The largest absolute Gasteiger partial charge is 0.355 e. The zero-order valence-electron chi connectivity index (χ0n) is 10.9. The molecule has 17 heavy (non-hydrogen) atoms. The molecule has 0 N–H and O–H groups in total. The SMILES string of the molecule is CN1C=CN2c3cc(C(C)(C)C)ccc3PC12. The van der Waals surface area contributed by atoms with Crippen LogP contribution in [0.4, 0.5) is 5.69 Å². The fourth-order valence-electron chi connectivity index (χ4n) is 2.39. The van der Waals surface area contributed by atoms with E-state index in [2.05, 4.69) is 68.2 Å². The smallest absolute Gasteiger partial charge is 0.126 e. The van der Waals surface area contributed by atoms with Crippen molar-refractivity contribution in [2.24, 2.45) is 0 Å². The van der Waals surface area contributed by atoms with Crippen molar-refractivity contribution in [1.29, 1.82) is 0 Å². The van der Waals surface area contributed by atoms with E-state index in [1.807, 2.05) is 0 Å². The summed E-state index contributed by atoms with van der Waals surface area (Å²) < 4.78 is 0. The fourth-order valence-corrected chi connectivity index (χ4v) is 3.85. The summed E-state index contributed by atoms with van der Waals surface area (Å²) >= 11 is 0. The Balaban J connectivity index is 2.04. The van der Waals surface area contributed by atoms with E-state index in [1.54, 1.807) is 0 Å². The average Bonchev–Trinajstić information content (AvgIpc) is 2.77. The second-order valence-corrected chi connectivity index (χ2v) is 7.21. The molecule has 90 valence electrons. The van der Waals surface area contributed by atoms with Gasteiger partial charge < -0.3 is 9.80 Å². The van der Waals surface area contributed by atoms with Crippen molar-refractivity contribution in [3.63, 3.8) is 0 Å². The normalized spacial score (nSPS) is 23.4. The van der Waals surface area contributed by atoms with Crippen LogP contribution in [0.25, 0.3) is 0 Å². The van der Waals surface area contributed by atoms with Gasteiger partial charge in [0, 0.05) is 24.8 Å². The van der Waals surface area contributed by atoms with Crippen LogP contribution in [0, 0.1) is 0 Å². The van der Waals surface area contributed by atoms with E-state index in [4.69, 9.17) is 0 Å². The highest BCUT2D eigenvalue weighted by molar-refractivity contribution is 7.49. The lowest BCUT2D eigenvalue weighted by atomic mass is 9.87. The van der Waals surface area contributed by atoms with Crippen LogP contribution < -0.4 is 10.2 Å². The van der Waals surface area contributed by atoms with E-state index in [1.165, 1.54) is 16.6 Å². The van der Waals surface area contributed by atoms with Crippen LogP contribution in [0.15, 0.2) is 30.6 Å². The highest BCUT2D eigenvalue weighted by Gasteiger charge is 2.33. The molecule has 2 heterocycles. The van der Waals surface area contributed by atoms with Crippen molar-refractivity contribution < 1.29 is 0 Å². The Kier molecular flexibility index (Phi) is 2.28. The van der Waals surface area contributed by atoms with Crippen molar-refractivity contribution in [1.82, 2.24) is 4.90 Å². The molecule has 2 aliphatic rings. The highest BCUT2D eigenvalue weighted by Crippen LogP contribution is 2.43. The molecule has 0 saturated carbocycles. The van der Waals surface area contributed by atoms with E-state index >= 15 is 0 Å². The minimum Gasteiger partial charge on any atom is -0.355 e. The van der Waals surface area contributed by atoms with Crippen LogP contribution in [0.2, 0.25) is 0 Å². The molecule has 0 radical (unpaired) electrons. The summed E-state index contributed by atoms with van der Waals surface area (Å²) in [5.74, 6) is 0.528. The first kappa shape index (κ1) is 11.1. The maximum Gasteiger partial charge on any atom is 0.126 e. The van der Waals surface area contributed by atoms with Crippen molar-refractivity contribution in [3.8, 4) is 0 Å². The maximum atomic E-state index is 2.41. The monoisotopic (exact) mass is 246 g/mol. The van der Waals surface area contributed by atoms with Gasteiger partial charge in [0.1, 0.15) is 5.91 Å². The number of rotatable bonds is 0. The summed E-state index contributed by atoms with van der Waals surface area (Å²) in [4.78, 5) is 4.71. The number of benzene rings is 1. The third-order valence-electron chi connectivity index (χ3n) is 3.54. The first-order valence-electron chi connectivity index (χ1n) is 6.06. The minimum atomic E-state index is 0.228. The van der Waals surface area contributed by atoms with E-state index in [-0.39, 0.29) is 5.41 Å². The summed E-state index contributed by atoms with van der Waals surface area (Å²) in [6, 6.07) is 6.97. The summed E-state index contributed by atoms with van der Waals surface area (Å²) in [6.45, 7) is 6.82. The lowest BCUT2D eigenvalue weighted by molar-refractivity contribution is 0.461. The quantitative estimate of drug-likeness (QED) is 0.649. The second-order valence-electron chi connectivity index (χ2n) is 5.87. The van der Waals surface area contributed by atoms with Crippen molar-refractivity contribution in [3.05, 3.63) is 36.2 Å². The van der Waals surface area contributed by atoms with E-state index in [0.29, 0.717) is 5.91 Å². The fraction of sp³-hybridized carbons (Fsp3) is 0.429. The van der Waals surface area contributed by atoms with Crippen LogP contribution in [0.5, 0.6) is 0 Å². The molecule has 0 fully saturated rings. The molecule has 2 unspecified atom stereocenters. The predicted octanol–water partition coefficient (Wildman–Crippen LogP) is 2.81. The molecule has 0 amide bonds. The van der Waals surface area contributed by atoms with Gasteiger partial charge in [-0.05, 0) is 25.6 Å². The molecule has 0 aliphatic carbocycles. The molecule has 0 aromatic heterocycles. The highest BCUT2D eigenvalue weighted by atomic mass is 31.1. The summed E-state index contributed by atoms with van der Waals surface area (Å²) in [5, 5.41) is 1.50. The molecule has 2 atom stereocenters. The Bertz CT molecular complexity index is 487. The van der Waals surface area contributed by atoms with Gasteiger partial charge in [-0.25, -0.2) is 0 Å². The Morgan fingerprint density at radius 2 is 1.94 bits per heavy atom. The van der Waals surface area contributed by atoms with Crippen molar-refractivity contribution in [2.45, 2.75) is 32.1 Å². The molecule has 2 nitrogen and oxygen atoms in total. The topological polar surface area (TPSA) is 6.48 Å². The van der Waals surface area contributed by atoms with Gasteiger partial charge in [-0.15, -0.1) is 0 Å². The number of nitrogens with zero attached hydrogens (tertiary/aromatic N) is 2. The van der Waals surface area contributed by atoms with Crippen LogP contribution in [0.1, 0.15) is 26.3 Å². The molecule has 3 rings (SSSR count). The molecule has 3 heteroatoms. The second kappa shape index (κ2) is 3.49. The van der Waals surface area contributed by atoms with Gasteiger partial charge in [-0.3, -0.25) is 0 Å². The predicted molar refractivity (Wildman–Crippen MR) is 76.3 cm³/mol. The Labute approximate surface area is 105 Å².